The van der Waals surface area contributed by atoms with Crippen LogP contribution in [-0.4, -0.2) is 44.3 Å². The second-order valence-corrected chi connectivity index (χ2v) is 9.43. The van der Waals surface area contributed by atoms with Crippen molar-refractivity contribution in [2.75, 3.05) is 31.4 Å². The molecule has 0 radical (unpaired) electrons. The molecule has 1 N–H and O–H groups in total. The van der Waals surface area contributed by atoms with E-state index in [0.29, 0.717) is 5.69 Å². The summed E-state index contributed by atoms with van der Waals surface area (Å²) >= 11 is 0. The molecule has 0 aliphatic heterocycles. The monoisotopic (exact) mass is 353 g/mol. The number of esters is 1. The van der Waals surface area contributed by atoms with E-state index in [2.05, 4.69) is 5.32 Å². The Morgan fingerprint density at radius 2 is 1.88 bits per heavy atom. The van der Waals surface area contributed by atoms with Crippen molar-refractivity contribution < 1.29 is 23.6 Å². The fourth-order valence-electron chi connectivity index (χ4n) is 1.91. The predicted octanol–water partition coefficient (Wildman–Crippen LogP) is 3.65. The summed E-state index contributed by atoms with van der Waals surface area (Å²) in [7, 11) is -2.34. The summed E-state index contributed by atoms with van der Waals surface area (Å²) in [4.78, 5) is 22.7. The van der Waals surface area contributed by atoms with Gasteiger partial charge in [-0.25, -0.2) is 4.79 Å². The molecular formula is C17H24NO5P. The van der Waals surface area contributed by atoms with Crippen LogP contribution in [0, 0.1) is 6.92 Å². The zero-order valence-corrected chi connectivity index (χ0v) is 15.3. The van der Waals surface area contributed by atoms with Crippen molar-refractivity contribution in [1.29, 1.82) is 0 Å². The third-order valence-corrected chi connectivity index (χ3v) is 4.14. The Morgan fingerprint density at radius 3 is 2.42 bits per heavy atom. The summed E-state index contributed by atoms with van der Waals surface area (Å²) < 4.78 is 22.0. The third kappa shape index (κ3) is 9.16. The minimum Gasteiger partial charge on any atom is -0.458 e. The van der Waals surface area contributed by atoms with Gasteiger partial charge in [-0.05, 0) is 44.5 Å². The molecule has 0 aromatic heterocycles. The first-order chi connectivity index (χ1) is 11.2. The van der Waals surface area contributed by atoms with Crippen molar-refractivity contribution >= 4 is 24.9 Å². The molecule has 0 saturated carbocycles. The first-order valence-corrected chi connectivity index (χ1v) is 10.3. The van der Waals surface area contributed by atoms with Crippen LogP contribution in [0.2, 0.25) is 0 Å². The van der Waals surface area contributed by atoms with Gasteiger partial charge in [0, 0.05) is 18.8 Å². The van der Waals surface area contributed by atoms with E-state index >= 15 is 0 Å². The number of aryl methyl sites for hydroxylation is 1. The van der Waals surface area contributed by atoms with Crippen molar-refractivity contribution in [3.05, 3.63) is 42.0 Å². The van der Waals surface area contributed by atoms with Gasteiger partial charge >= 0.3 is 12.1 Å². The Bertz CT molecular complexity index is 633. The van der Waals surface area contributed by atoms with Crippen LogP contribution in [0.5, 0.6) is 0 Å². The van der Waals surface area contributed by atoms with Crippen LogP contribution < -0.4 is 5.32 Å². The van der Waals surface area contributed by atoms with Gasteiger partial charge in [0.2, 0.25) is 0 Å². The predicted molar refractivity (Wildman–Crippen MR) is 95.2 cm³/mol. The zero-order chi connectivity index (χ0) is 18.2. The van der Waals surface area contributed by atoms with Crippen molar-refractivity contribution in [2.24, 2.45) is 0 Å². The van der Waals surface area contributed by atoms with E-state index in [1.807, 2.05) is 19.1 Å². The molecule has 24 heavy (non-hydrogen) atoms. The molecule has 7 heteroatoms. The van der Waals surface area contributed by atoms with Crippen LogP contribution in [0.25, 0.3) is 0 Å². The number of benzene rings is 1. The molecule has 1 aromatic carbocycles. The standard InChI is InChI=1S/C17H24NO5P/c1-13-7-9-15(10-8-13)18-17(20)22-11-5-6-16(23-14(2)19)12-24(3,4)21/h5-10,16H,11-12H2,1-4H3,(H,18,20)/b6-5+. The van der Waals surface area contributed by atoms with Gasteiger partial charge in [0.15, 0.2) is 0 Å². The Kier molecular flexibility index (Phi) is 7.72. The molecule has 1 aromatic rings. The lowest BCUT2D eigenvalue weighted by molar-refractivity contribution is -0.143. The Labute approximate surface area is 142 Å². The average molecular weight is 353 g/mol. The fourth-order valence-corrected chi connectivity index (χ4v) is 2.97. The number of rotatable bonds is 7. The number of anilines is 1. The van der Waals surface area contributed by atoms with E-state index < -0.39 is 25.3 Å². The minimum atomic E-state index is -2.34. The van der Waals surface area contributed by atoms with Crippen LogP contribution in [0.1, 0.15) is 12.5 Å². The summed E-state index contributed by atoms with van der Waals surface area (Å²) in [6, 6.07) is 7.33. The molecule has 1 amide bonds. The van der Waals surface area contributed by atoms with Crippen molar-refractivity contribution in [3.63, 3.8) is 0 Å². The van der Waals surface area contributed by atoms with E-state index in [0.717, 1.165) is 5.56 Å². The maximum absolute atomic E-state index is 11.9. The second-order valence-electron chi connectivity index (χ2n) is 5.92. The number of ether oxygens (including phenoxy) is 2. The topological polar surface area (TPSA) is 81.7 Å². The van der Waals surface area contributed by atoms with E-state index in [-0.39, 0.29) is 12.8 Å². The van der Waals surface area contributed by atoms with Gasteiger partial charge in [0.25, 0.3) is 0 Å². The average Bonchev–Trinajstić information content (AvgIpc) is 2.43. The lowest BCUT2D eigenvalue weighted by Crippen LogP contribution is -2.18. The smallest absolute Gasteiger partial charge is 0.411 e. The molecule has 0 bridgehead atoms. The van der Waals surface area contributed by atoms with E-state index in [1.165, 1.54) is 6.92 Å². The number of hydrogen-bond donors (Lipinski definition) is 1. The molecule has 1 unspecified atom stereocenters. The molecule has 1 atom stereocenters. The van der Waals surface area contributed by atoms with E-state index in [1.54, 1.807) is 37.6 Å². The van der Waals surface area contributed by atoms with E-state index in [9.17, 15) is 14.2 Å². The maximum Gasteiger partial charge on any atom is 0.411 e. The molecule has 132 valence electrons. The lowest BCUT2D eigenvalue weighted by Gasteiger charge is -2.15. The van der Waals surface area contributed by atoms with Crippen LogP contribution in [0.4, 0.5) is 10.5 Å². The van der Waals surface area contributed by atoms with Crippen LogP contribution >= 0.6 is 7.14 Å². The maximum atomic E-state index is 11.9. The number of carbonyl (C=O) groups is 2. The van der Waals surface area contributed by atoms with Gasteiger partial charge < -0.3 is 14.0 Å². The minimum absolute atomic E-state index is 0.0210. The number of nitrogens with one attached hydrogen (secondary N) is 1. The van der Waals surface area contributed by atoms with Gasteiger partial charge in [-0.15, -0.1) is 0 Å². The number of carbonyl (C=O) groups excluding carboxylic acids is 2. The second kappa shape index (κ2) is 9.28. The zero-order valence-electron chi connectivity index (χ0n) is 14.4. The summed E-state index contributed by atoms with van der Waals surface area (Å²) in [5.41, 5.74) is 1.74. The van der Waals surface area contributed by atoms with Crippen LogP contribution in [-0.2, 0) is 18.8 Å². The third-order valence-electron chi connectivity index (χ3n) is 2.90. The quantitative estimate of drug-likeness (QED) is 0.460. The SMILES string of the molecule is CC(=O)OC(/C=C/COC(=O)Nc1ccc(C)cc1)CP(C)(C)=O. The first kappa shape index (κ1) is 20.0. The molecule has 0 heterocycles. The highest BCUT2D eigenvalue weighted by Crippen LogP contribution is 2.37. The normalized spacial score (nSPS) is 12.7. The van der Waals surface area contributed by atoms with Gasteiger partial charge in [0.05, 0.1) is 7.14 Å². The van der Waals surface area contributed by atoms with Crippen LogP contribution in [0.15, 0.2) is 36.4 Å². The highest BCUT2D eigenvalue weighted by Gasteiger charge is 2.17. The Hall–Kier alpha value is -2.07. The van der Waals surface area contributed by atoms with Gasteiger partial charge in [0.1, 0.15) is 12.7 Å². The Balaban J connectivity index is 2.45. The molecule has 1 rings (SSSR count). The molecular weight excluding hydrogens is 329 g/mol. The van der Waals surface area contributed by atoms with Crippen molar-refractivity contribution in [1.82, 2.24) is 0 Å². The summed E-state index contributed by atoms with van der Waals surface area (Å²) in [5, 5.41) is 2.60. The highest BCUT2D eigenvalue weighted by molar-refractivity contribution is 7.62. The first-order valence-electron chi connectivity index (χ1n) is 7.54. The molecule has 6 nitrogen and oxygen atoms in total. The lowest BCUT2D eigenvalue weighted by atomic mass is 10.2. The number of amides is 1. The molecule has 0 saturated heterocycles. The number of hydrogen-bond acceptors (Lipinski definition) is 5. The van der Waals surface area contributed by atoms with Crippen molar-refractivity contribution in [3.8, 4) is 0 Å². The van der Waals surface area contributed by atoms with Gasteiger partial charge in [-0.1, -0.05) is 17.7 Å². The molecule has 0 spiro atoms. The van der Waals surface area contributed by atoms with Gasteiger partial charge in [-0.2, -0.15) is 0 Å². The summed E-state index contributed by atoms with van der Waals surface area (Å²) in [6.45, 7) is 6.53. The van der Waals surface area contributed by atoms with E-state index in [4.69, 9.17) is 9.47 Å². The van der Waals surface area contributed by atoms with Crippen LogP contribution in [0.3, 0.4) is 0 Å². The highest BCUT2D eigenvalue weighted by atomic mass is 31.2. The molecule has 0 aliphatic carbocycles. The molecule has 0 fully saturated rings. The fraction of sp³-hybridized carbons (Fsp3) is 0.412. The van der Waals surface area contributed by atoms with Gasteiger partial charge in [-0.3, -0.25) is 10.1 Å². The molecule has 0 aliphatic rings. The van der Waals surface area contributed by atoms with Crippen molar-refractivity contribution in [2.45, 2.75) is 20.0 Å². The summed E-state index contributed by atoms with van der Waals surface area (Å²) in [6.07, 6.45) is 2.23. The largest absolute Gasteiger partial charge is 0.458 e. The Morgan fingerprint density at radius 1 is 1.25 bits per heavy atom. The summed E-state index contributed by atoms with van der Waals surface area (Å²) in [5.74, 6) is -0.448.